The summed E-state index contributed by atoms with van der Waals surface area (Å²) in [4.78, 5) is 11.7. The SMILES string of the molecule is CC(=O)O[C@H]1CC[C@@]23CO[C@H](C[C@@H]4[C@H]5CC[C@@H]([C@H](C)CCCC(C)C)[C@]5(C)CC[C@H]42)[C@@]3(Br)C1. The molecule has 2 bridgehead atoms. The third-order valence-corrected chi connectivity index (χ3v) is 13.1. The summed E-state index contributed by atoms with van der Waals surface area (Å²) in [6.07, 6.45) is 14.5. The van der Waals surface area contributed by atoms with Crippen LogP contribution in [0.1, 0.15) is 105 Å². The summed E-state index contributed by atoms with van der Waals surface area (Å²) in [7, 11) is 0. The molecule has 1 saturated heterocycles. The molecule has 4 heteroatoms. The van der Waals surface area contributed by atoms with Crippen molar-refractivity contribution < 1.29 is 14.3 Å². The predicted octanol–water partition coefficient (Wildman–Crippen LogP) is 7.55. The first kappa shape index (κ1) is 24.6. The molecule has 0 aromatic rings. The summed E-state index contributed by atoms with van der Waals surface area (Å²) < 4.78 is 12.3. The van der Waals surface area contributed by atoms with Crippen molar-refractivity contribution in [1.29, 1.82) is 0 Å². The molecular weight excluding hydrogens is 476 g/mol. The molecule has 4 aliphatic carbocycles. The number of alkyl halides is 1. The lowest BCUT2D eigenvalue weighted by Crippen LogP contribution is -2.63. The predicted molar refractivity (Wildman–Crippen MR) is 136 cm³/mol. The Morgan fingerprint density at radius 2 is 1.88 bits per heavy atom. The minimum absolute atomic E-state index is 0.00455. The highest BCUT2D eigenvalue weighted by atomic mass is 79.9. The number of halogens is 1. The van der Waals surface area contributed by atoms with Crippen LogP contribution in [0.5, 0.6) is 0 Å². The van der Waals surface area contributed by atoms with Gasteiger partial charge in [0, 0.05) is 18.8 Å². The van der Waals surface area contributed by atoms with E-state index in [1.54, 1.807) is 6.92 Å². The maximum absolute atomic E-state index is 11.7. The highest BCUT2D eigenvalue weighted by Gasteiger charge is 2.72. The van der Waals surface area contributed by atoms with Crippen LogP contribution < -0.4 is 0 Å². The van der Waals surface area contributed by atoms with Gasteiger partial charge in [-0.05, 0) is 85.9 Å². The standard InChI is InChI=1S/C29H47BrO3/c1-18(2)7-6-8-19(3)23-9-10-24-22-15-26-29(30)16-21(33-20(4)31)11-14-28(29,17-32-26)25(22)12-13-27(23,24)5/h18-19,21-26H,6-17H2,1-5H3/t19-,21+,22-,23+,24-,25-,26-,27+,28-,29+/m1/s1. The van der Waals surface area contributed by atoms with Gasteiger partial charge in [0.05, 0.1) is 17.0 Å². The Hall–Kier alpha value is -0.0900. The van der Waals surface area contributed by atoms with Crippen molar-refractivity contribution in [1.82, 2.24) is 0 Å². The van der Waals surface area contributed by atoms with E-state index in [0.717, 1.165) is 61.4 Å². The molecule has 0 amide bonds. The first-order valence-corrected chi connectivity index (χ1v) is 14.9. The van der Waals surface area contributed by atoms with E-state index < -0.39 is 0 Å². The highest BCUT2D eigenvalue weighted by Crippen LogP contribution is 2.73. The lowest BCUT2D eigenvalue weighted by molar-refractivity contribution is -0.154. The average Bonchev–Trinajstić information content (AvgIpc) is 3.16. The van der Waals surface area contributed by atoms with Gasteiger partial charge in [-0.1, -0.05) is 62.9 Å². The number of hydrogen-bond acceptors (Lipinski definition) is 3. The summed E-state index contributed by atoms with van der Waals surface area (Å²) in [5, 5.41) is 0. The van der Waals surface area contributed by atoms with Crippen LogP contribution in [-0.2, 0) is 14.3 Å². The summed E-state index contributed by atoms with van der Waals surface area (Å²) >= 11 is 4.29. The lowest BCUT2D eigenvalue weighted by atomic mass is 9.44. The molecule has 5 fully saturated rings. The monoisotopic (exact) mass is 522 g/mol. The minimum Gasteiger partial charge on any atom is -0.463 e. The van der Waals surface area contributed by atoms with Gasteiger partial charge in [0.2, 0.25) is 0 Å². The van der Waals surface area contributed by atoms with Crippen molar-refractivity contribution in [2.24, 2.45) is 46.3 Å². The third kappa shape index (κ3) is 3.78. The maximum atomic E-state index is 11.7. The number of fused-ring (bicyclic) bond motifs is 3. The molecule has 0 aromatic carbocycles. The van der Waals surface area contributed by atoms with E-state index in [1.165, 1.54) is 51.4 Å². The Morgan fingerprint density at radius 1 is 1.09 bits per heavy atom. The molecule has 3 nitrogen and oxygen atoms in total. The van der Waals surface area contributed by atoms with Gasteiger partial charge in [-0.2, -0.15) is 0 Å². The van der Waals surface area contributed by atoms with Crippen molar-refractivity contribution in [3.8, 4) is 0 Å². The Bertz CT molecular complexity index is 753. The molecule has 10 atom stereocenters. The number of ether oxygens (including phenoxy) is 2. The van der Waals surface area contributed by atoms with Gasteiger partial charge in [0.1, 0.15) is 6.10 Å². The molecule has 1 aliphatic heterocycles. The van der Waals surface area contributed by atoms with Gasteiger partial charge >= 0.3 is 5.97 Å². The van der Waals surface area contributed by atoms with Crippen molar-refractivity contribution >= 4 is 21.9 Å². The van der Waals surface area contributed by atoms with Gasteiger partial charge in [-0.3, -0.25) is 4.79 Å². The largest absolute Gasteiger partial charge is 0.463 e. The number of esters is 1. The van der Waals surface area contributed by atoms with Crippen LogP contribution >= 0.6 is 15.9 Å². The van der Waals surface area contributed by atoms with Gasteiger partial charge in [-0.25, -0.2) is 0 Å². The number of hydrogen-bond donors (Lipinski definition) is 0. The Kier molecular flexibility index (Phi) is 6.55. The molecule has 0 aromatic heterocycles. The molecule has 5 aliphatic rings. The van der Waals surface area contributed by atoms with Crippen molar-refractivity contribution in [3.63, 3.8) is 0 Å². The normalized spacial score (nSPS) is 49.3. The molecule has 0 radical (unpaired) electrons. The van der Waals surface area contributed by atoms with Crippen molar-refractivity contribution in [3.05, 3.63) is 0 Å². The smallest absolute Gasteiger partial charge is 0.302 e. The molecule has 188 valence electrons. The second-order valence-electron chi connectivity index (χ2n) is 13.4. The second-order valence-corrected chi connectivity index (χ2v) is 14.9. The molecule has 0 unspecified atom stereocenters. The summed E-state index contributed by atoms with van der Waals surface area (Å²) in [5.41, 5.74) is 0.759. The quantitative estimate of drug-likeness (QED) is 0.266. The van der Waals surface area contributed by atoms with Crippen LogP contribution in [0.15, 0.2) is 0 Å². The Balaban J connectivity index is 1.34. The second kappa shape index (κ2) is 8.79. The van der Waals surface area contributed by atoms with E-state index in [9.17, 15) is 4.79 Å². The van der Waals surface area contributed by atoms with Gasteiger partial charge in [0.25, 0.3) is 0 Å². The molecule has 5 rings (SSSR count). The van der Waals surface area contributed by atoms with E-state index in [-0.39, 0.29) is 27.9 Å². The summed E-state index contributed by atoms with van der Waals surface area (Å²) in [6.45, 7) is 12.4. The molecule has 4 saturated carbocycles. The van der Waals surface area contributed by atoms with Gasteiger partial charge in [-0.15, -0.1) is 0 Å². The Labute approximate surface area is 210 Å². The van der Waals surface area contributed by atoms with Crippen molar-refractivity contribution in [2.75, 3.05) is 6.61 Å². The molecule has 1 heterocycles. The van der Waals surface area contributed by atoms with Crippen LogP contribution in [0.3, 0.4) is 0 Å². The van der Waals surface area contributed by atoms with Crippen LogP contribution in [0.4, 0.5) is 0 Å². The lowest BCUT2D eigenvalue weighted by Gasteiger charge is -2.63. The minimum atomic E-state index is -0.137. The molecule has 33 heavy (non-hydrogen) atoms. The highest BCUT2D eigenvalue weighted by molar-refractivity contribution is 9.10. The van der Waals surface area contributed by atoms with E-state index in [0.29, 0.717) is 5.41 Å². The summed E-state index contributed by atoms with van der Waals surface area (Å²) in [5.74, 6) is 4.92. The van der Waals surface area contributed by atoms with E-state index in [4.69, 9.17) is 9.47 Å². The topological polar surface area (TPSA) is 35.5 Å². The van der Waals surface area contributed by atoms with Crippen molar-refractivity contribution in [2.45, 2.75) is 122 Å². The third-order valence-electron chi connectivity index (χ3n) is 11.5. The van der Waals surface area contributed by atoms with Crippen LogP contribution in [0, 0.1) is 46.3 Å². The van der Waals surface area contributed by atoms with Crippen LogP contribution in [0.2, 0.25) is 0 Å². The molecule has 0 N–H and O–H groups in total. The molecule has 0 spiro atoms. The zero-order valence-corrected chi connectivity index (χ0v) is 23.3. The average molecular weight is 524 g/mol. The summed E-state index contributed by atoms with van der Waals surface area (Å²) in [6, 6.07) is 0. The van der Waals surface area contributed by atoms with E-state index in [1.807, 2.05) is 0 Å². The van der Waals surface area contributed by atoms with Gasteiger partial charge in [0.15, 0.2) is 0 Å². The van der Waals surface area contributed by atoms with Crippen LogP contribution in [0.25, 0.3) is 0 Å². The fourth-order valence-electron chi connectivity index (χ4n) is 10.1. The van der Waals surface area contributed by atoms with E-state index in [2.05, 4.69) is 43.6 Å². The maximum Gasteiger partial charge on any atom is 0.302 e. The van der Waals surface area contributed by atoms with Gasteiger partial charge < -0.3 is 9.47 Å². The number of carbonyl (C=O) groups is 1. The molecular formula is C29H47BrO3. The number of rotatable bonds is 6. The van der Waals surface area contributed by atoms with E-state index >= 15 is 0 Å². The number of carbonyl (C=O) groups excluding carboxylic acids is 1. The van der Waals surface area contributed by atoms with Crippen LogP contribution in [-0.4, -0.2) is 29.1 Å². The first-order chi connectivity index (χ1) is 15.6. The first-order valence-electron chi connectivity index (χ1n) is 14.1. The zero-order chi connectivity index (χ0) is 23.6. The fourth-order valence-corrected chi connectivity index (χ4v) is 11.3. The fraction of sp³-hybridized carbons (Fsp3) is 0.966. The Morgan fingerprint density at radius 3 is 2.61 bits per heavy atom. The zero-order valence-electron chi connectivity index (χ0n) is 21.7.